The standard InChI is InChI=1S/C19H25N3OS/c23-18(19(9-10-19)15-21-12-4-11-20-21)22-13-2-1-5-16(22)7-8-17-6-3-14-24-17/h3-4,6,11-12,14,16H,1-2,5,7-10,13,15H2/t16-/m1/s1. The van der Waals surface area contributed by atoms with Gasteiger partial charge in [-0.15, -0.1) is 11.3 Å². The smallest absolute Gasteiger partial charge is 0.230 e. The number of likely N-dealkylation sites (tertiary alicyclic amines) is 1. The summed E-state index contributed by atoms with van der Waals surface area (Å²) in [6, 6.07) is 6.68. The van der Waals surface area contributed by atoms with Gasteiger partial charge < -0.3 is 4.90 Å². The second-order valence-corrected chi connectivity index (χ2v) is 8.28. The first kappa shape index (κ1) is 15.9. The Labute approximate surface area is 147 Å². The first-order valence-corrected chi connectivity index (χ1v) is 9.96. The Kier molecular flexibility index (Phi) is 4.44. The van der Waals surface area contributed by atoms with Gasteiger partial charge >= 0.3 is 0 Å². The van der Waals surface area contributed by atoms with Gasteiger partial charge in [0.2, 0.25) is 5.91 Å². The van der Waals surface area contributed by atoms with Gasteiger partial charge in [0.05, 0.1) is 12.0 Å². The van der Waals surface area contributed by atoms with E-state index in [4.69, 9.17) is 0 Å². The fourth-order valence-electron chi connectivity index (χ4n) is 3.93. The summed E-state index contributed by atoms with van der Waals surface area (Å²) in [7, 11) is 0. The highest BCUT2D eigenvalue weighted by molar-refractivity contribution is 7.09. The van der Waals surface area contributed by atoms with Gasteiger partial charge in [0.15, 0.2) is 0 Å². The van der Waals surface area contributed by atoms with E-state index in [1.165, 1.54) is 11.3 Å². The molecular formula is C19H25N3OS. The SMILES string of the molecule is O=C(N1CCCC[C@@H]1CCc1cccs1)C1(Cn2cccn2)CC1. The molecule has 0 radical (unpaired) electrons. The number of thiophene rings is 1. The van der Waals surface area contributed by atoms with Gasteiger partial charge in [-0.2, -0.15) is 5.10 Å². The molecule has 0 spiro atoms. The Morgan fingerprint density at radius 1 is 1.33 bits per heavy atom. The van der Waals surface area contributed by atoms with Gasteiger partial charge in [-0.1, -0.05) is 6.07 Å². The van der Waals surface area contributed by atoms with Crippen LogP contribution in [0.4, 0.5) is 0 Å². The lowest BCUT2D eigenvalue weighted by Crippen LogP contribution is -2.48. The monoisotopic (exact) mass is 343 g/mol. The summed E-state index contributed by atoms with van der Waals surface area (Å²) in [5.41, 5.74) is -0.176. The zero-order chi connectivity index (χ0) is 16.4. The lowest BCUT2D eigenvalue weighted by molar-refractivity contribution is -0.141. The Balaban J connectivity index is 1.43. The second-order valence-electron chi connectivity index (χ2n) is 7.25. The van der Waals surface area contributed by atoms with E-state index in [1.54, 1.807) is 6.20 Å². The van der Waals surface area contributed by atoms with Crippen LogP contribution in [0.5, 0.6) is 0 Å². The van der Waals surface area contributed by atoms with Crippen molar-refractivity contribution in [3.05, 3.63) is 40.8 Å². The van der Waals surface area contributed by atoms with Gasteiger partial charge in [-0.3, -0.25) is 9.48 Å². The van der Waals surface area contributed by atoms with Crippen molar-refractivity contribution in [2.75, 3.05) is 6.54 Å². The summed E-state index contributed by atoms with van der Waals surface area (Å²) >= 11 is 1.83. The number of amides is 1. The van der Waals surface area contributed by atoms with Crippen LogP contribution in [0.3, 0.4) is 0 Å². The molecule has 2 fully saturated rings. The van der Waals surface area contributed by atoms with E-state index >= 15 is 0 Å². The lowest BCUT2D eigenvalue weighted by atomic mass is 9.94. The highest BCUT2D eigenvalue weighted by Gasteiger charge is 2.53. The van der Waals surface area contributed by atoms with Crippen molar-refractivity contribution >= 4 is 17.2 Å². The maximum absolute atomic E-state index is 13.3. The van der Waals surface area contributed by atoms with E-state index in [-0.39, 0.29) is 5.41 Å². The molecule has 1 aliphatic carbocycles. The minimum atomic E-state index is -0.176. The van der Waals surface area contributed by atoms with Crippen LogP contribution in [0.15, 0.2) is 36.0 Å². The number of carbonyl (C=O) groups is 1. The van der Waals surface area contributed by atoms with Crippen molar-refractivity contribution in [2.45, 2.75) is 57.5 Å². The van der Waals surface area contributed by atoms with E-state index in [0.29, 0.717) is 11.9 Å². The first-order chi connectivity index (χ1) is 11.8. The Morgan fingerprint density at radius 3 is 2.96 bits per heavy atom. The minimum absolute atomic E-state index is 0.176. The molecule has 0 unspecified atom stereocenters. The Hall–Kier alpha value is -1.62. The number of aryl methyl sites for hydroxylation is 1. The molecular weight excluding hydrogens is 318 g/mol. The predicted molar refractivity (Wildman–Crippen MR) is 95.9 cm³/mol. The van der Waals surface area contributed by atoms with Crippen molar-refractivity contribution in [1.29, 1.82) is 0 Å². The third-order valence-corrected chi connectivity index (χ3v) is 6.46. The van der Waals surface area contributed by atoms with Gasteiger partial charge in [-0.25, -0.2) is 0 Å². The fourth-order valence-corrected chi connectivity index (χ4v) is 4.66. The third kappa shape index (κ3) is 3.27. The van der Waals surface area contributed by atoms with Crippen LogP contribution in [-0.4, -0.2) is 33.2 Å². The van der Waals surface area contributed by atoms with Crippen LogP contribution in [0.2, 0.25) is 0 Å². The molecule has 128 valence electrons. The Morgan fingerprint density at radius 2 is 2.25 bits per heavy atom. The van der Waals surface area contributed by atoms with Crippen molar-refractivity contribution < 1.29 is 4.79 Å². The van der Waals surface area contributed by atoms with E-state index in [2.05, 4.69) is 27.5 Å². The molecule has 3 heterocycles. The molecule has 1 atom stereocenters. The molecule has 0 bridgehead atoms. The minimum Gasteiger partial charge on any atom is -0.339 e. The molecule has 2 aromatic heterocycles. The first-order valence-electron chi connectivity index (χ1n) is 9.08. The molecule has 4 rings (SSSR count). The topological polar surface area (TPSA) is 38.1 Å². The van der Waals surface area contributed by atoms with E-state index in [9.17, 15) is 4.79 Å². The molecule has 2 aliphatic rings. The van der Waals surface area contributed by atoms with E-state index in [1.807, 2.05) is 28.3 Å². The van der Waals surface area contributed by atoms with Crippen molar-refractivity contribution in [3.63, 3.8) is 0 Å². The van der Waals surface area contributed by atoms with Crippen LogP contribution in [-0.2, 0) is 17.8 Å². The summed E-state index contributed by atoms with van der Waals surface area (Å²) in [4.78, 5) is 16.9. The molecule has 0 N–H and O–H groups in total. The summed E-state index contributed by atoms with van der Waals surface area (Å²) < 4.78 is 1.93. The van der Waals surface area contributed by atoms with Crippen LogP contribution in [0.1, 0.15) is 43.4 Å². The molecule has 0 aromatic carbocycles. The summed E-state index contributed by atoms with van der Waals surface area (Å²) in [6.45, 7) is 1.68. The molecule has 2 aromatic rings. The van der Waals surface area contributed by atoms with Crippen LogP contribution in [0, 0.1) is 5.41 Å². The largest absolute Gasteiger partial charge is 0.339 e. The maximum atomic E-state index is 13.3. The zero-order valence-electron chi connectivity index (χ0n) is 14.1. The fraction of sp³-hybridized carbons (Fsp3) is 0.579. The Bertz CT molecular complexity index is 661. The highest BCUT2D eigenvalue weighted by Crippen LogP contribution is 2.49. The molecule has 1 amide bonds. The quantitative estimate of drug-likeness (QED) is 0.801. The number of aromatic nitrogens is 2. The van der Waals surface area contributed by atoms with Crippen LogP contribution < -0.4 is 0 Å². The molecule has 1 saturated carbocycles. The third-order valence-electron chi connectivity index (χ3n) is 5.52. The van der Waals surface area contributed by atoms with Gasteiger partial charge in [0, 0.05) is 29.9 Å². The predicted octanol–water partition coefficient (Wildman–Crippen LogP) is 3.74. The normalized spacial score (nSPS) is 22.5. The zero-order valence-corrected chi connectivity index (χ0v) is 14.9. The van der Waals surface area contributed by atoms with Crippen molar-refractivity contribution in [3.8, 4) is 0 Å². The van der Waals surface area contributed by atoms with Crippen molar-refractivity contribution in [2.24, 2.45) is 5.41 Å². The van der Waals surface area contributed by atoms with Gasteiger partial charge in [0.25, 0.3) is 0 Å². The van der Waals surface area contributed by atoms with E-state index in [0.717, 1.165) is 51.6 Å². The lowest BCUT2D eigenvalue weighted by Gasteiger charge is -2.38. The maximum Gasteiger partial charge on any atom is 0.230 e. The average Bonchev–Trinajstić information content (AvgIpc) is 3.02. The van der Waals surface area contributed by atoms with Gasteiger partial charge in [0.1, 0.15) is 0 Å². The molecule has 4 nitrogen and oxygen atoms in total. The summed E-state index contributed by atoms with van der Waals surface area (Å²) in [5, 5.41) is 6.45. The number of hydrogen-bond donors (Lipinski definition) is 0. The summed E-state index contributed by atoms with van der Waals surface area (Å²) in [6.07, 6.45) is 11.6. The van der Waals surface area contributed by atoms with Crippen LogP contribution >= 0.6 is 11.3 Å². The number of piperidine rings is 1. The molecule has 24 heavy (non-hydrogen) atoms. The summed E-state index contributed by atoms with van der Waals surface area (Å²) in [5.74, 6) is 0.383. The molecule has 5 heteroatoms. The molecule has 1 aliphatic heterocycles. The second kappa shape index (κ2) is 6.71. The van der Waals surface area contributed by atoms with E-state index < -0.39 is 0 Å². The number of carbonyl (C=O) groups excluding carboxylic acids is 1. The average molecular weight is 343 g/mol. The number of hydrogen-bond acceptors (Lipinski definition) is 3. The van der Waals surface area contributed by atoms with Crippen LogP contribution in [0.25, 0.3) is 0 Å². The highest BCUT2D eigenvalue weighted by atomic mass is 32.1. The molecule has 1 saturated heterocycles. The van der Waals surface area contributed by atoms with Gasteiger partial charge in [-0.05, 0) is 62.5 Å². The van der Waals surface area contributed by atoms with Crippen molar-refractivity contribution in [1.82, 2.24) is 14.7 Å². The number of nitrogens with zero attached hydrogens (tertiary/aromatic N) is 3. The number of rotatable bonds is 6.